The van der Waals surface area contributed by atoms with Crippen molar-refractivity contribution in [2.45, 2.75) is 20.0 Å². The van der Waals surface area contributed by atoms with Crippen molar-refractivity contribution < 1.29 is 23.1 Å². The van der Waals surface area contributed by atoms with Gasteiger partial charge in [-0.25, -0.2) is 12.7 Å². The van der Waals surface area contributed by atoms with Gasteiger partial charge in [0.15, 0.2) is 0 Å². The third-order valence-corrected chi connectivity index (χ3v) is 5.13. The highest BCUT2D eigenvalue weighted by molar-refractivity contribution is 7.89. The van der Waals surface area contributed by atoms with E-state index >= 15 is 0 Å². The van der Waals surface area contributed by atoms with Gasteiger partial charge in [0.1, 0.15) is 0 Å². The molecule has 0 aliphatic rings. The summed E-state index contributed by atoms with van der Waals surface area (Å²) in [4.78, 5) is 10.8. The van der Waals surface area contributed by atoms with E-state index in [4.69, 9.17) is 9.84 Å². The molecule has 1 rings (SSSR count). The molecule has 0 heterocycles. The average Bonchev–Trinajstić information content (AvgIpc) is 2.47. The molecule has 1 N–H and O–H groups in total. The zero-order valence-electron chi connectivity index (χ0n) is 12.9. The molecule has 0 fully saturated rings. The van der Waals surface area contributed by atoms with E-state index in [1.165, 1.54) is 14.0 Å². The molecule has 6 nitrogen and oxygen atoms in total. The SMILES string of the molecule is CC(CN(C)S(=O)(=O)CCCOCc1ccccc1)C(=O)O. The topological polar surface area (TPSA) is 83.9 Å². The summed E-state index contributed by atoms with van der Waals surface area (Å²) in [6.07, 6.45) is 0.376. The Bertz CT molecular complexity index is 559. The molecule has 1 unspecified atom stereocenters. The Morgan fingerprint density at radius 1 is 1.32 bits per heavy atom. The highest BCUT2D eigenvalue weighted by Crippen LogP contribution is 2.07. The van der Waals surface area contributed by atoms with Crippen molar-refractivity contribution in [3.05, 3.63) is 35.9 Å². The number of rotatable bonds is 10. The maximum atomic E-state index is 12.0. The van der Waals surface area contributed by atoms with Crippen LogP contribution < -0.4 is 0 Å². The smallest absolute Gasteiger partial charge is 0.307 e. The molecule has 7 heteroatoms. The van der Waals surface area contributed by atoms with E-state index in [1.807, 2.05) is 30.3 Å². The van der Waals surface area contributed by atoms with E-state index in [0.29, 0.717) is 19.6 Å². The molecule has 0 amide bonds. The van der Waals surface area contributed by atoms with Gasteiger partial charge >= 0.3 is 5.97 Å². The van der Waals surface area contributed by atoms with Gasteiger partial charge in [-0.15, -0.1) is 0 Å². The van der Waals surface area contributed by atoms with Gasteiger partial charge in [0.2, 0.25) is 10.0 Å². The van der Waals surface area contributed by atoms with E-state index in [2.05, 4.69) is 0 Å². The maximum absolute atomic E-state index is 12.0. The Morgan fingerprint density at radius 3 is 2.55 bits per heavy atom. The van der Waals surface area contributed by atoms with Crippen molar-refractivity contribution in [3.63, 3.8) is 0 Å². The van der Waals surface area contributed by atoms with Crippen LogP contribution in [0.25, 0.3) is 0 Å². The van der Waals surface area contributed by atoms with Gasteiger partial charge in [0.25, 0.3) is 0 Å². The van der Waals surface area contributed by atoms with E-state index in [0.717, 1.165) is 9.87 Å². The van der Waals surface area contributed by atoms with Crippen LogP contribution in [0.5, 0.6) is 0 Å². The Labute approximate surface area is 131 Å². The number of carboxylic acids is 1. The molecule has 1 aromatic carbocycles. The highest BCUT2D eigenvalue weighted by Gasteiger charge is 2.22. The predicted octanol–water partition coefficient (Wildman–Crippen LogP) is 1.58. The van der Waals surface area contributed by atoms with Gasteiger partial charge in [-0.1, -0.05) is 37.3 Å². The van der Waals surface area contributed by atoms with Crippen LogP contribution in [0, 0.1) is 5.92 Å². The molecule has 0 aliphatic heterocycles. The van der Waals surface area contributed by atoms with Crippen molar-refractivity contribution in [2.75, 3.05) is 26.0 Å². The van der Waals surface area contributed by atoms with E-state index < -0.39 is 21.9 Å². The number of hydrogen-bond acceptors (Lipinski definition) is 4. The van der Waals surface area contributed by atoms with Crippen molar-refractivity contribution in [1.82, 2.24) is 4.31 Å². The number of carboxylic acid groups (broad SMARTS) is 1. The zero-order chi connectivity index (χ0) is 16.6. The lowest BCUT2D eigenvalue weighted by atomic mass is 10.2. The summed E-state index contributed by atoms with van der Waals surface area (Å²) in [7, 11) is -2.04. The summed E-state index contributed by atoms with van der Waals surface area (Å²) in [5, 5.41) is 8.81. The molecule has 124 valence electrons. The normalized spacial score (nSPS) is 13.2. The van der Waals surface area contributed by atoms with Crippen molar-refractivity contribution in [3.8, 4) is 0 Å². The van der Waals surface area contributed by atoms with E-state index in [-0.39, 0.29) is 12.3 Å². The van der Waals surface area contributed by atoms with Crippen LogP contribution in [0.1, 0.15) is 18.9 Å². The third kappa shape index (κ3) is 6.55. The zero-order valence-corrected chi connectivity index (χ0v) is 13.8. The Kier molecular flexibility index (Phi) is 7.50. The van der Waals surface area contributed by atoms with Crippen LogP contribution in [0.3, 0.4) is 0 Å². The summed E-state index contributed by atoms with van der Waals surface area (Å²) < 4.78 is 30.5. The van der Waals surface area contributed by atoms with Gasteiger partial charge in [-0.2, -0.15) is 0 Å². The van der Waals surface area contributed by atoms with Crippen LogP contribution >= 0.6 is 0 Å². The Morgan fingerprint density at radius 2 is 1.95 bits per heavy atom. The first-order valence-corrected chi connectivity index (χ1v) is 8.72. The Balaban J connectivity index is 2.29. The minimum absolute atomic E-state index is 0.0253. The fourth-order valence-corrected chi connectivity index (χ4v) is 3.09. The molecule has 0 spiro atoms. The minimum atomic E-state index is -3.44. The molecule has 1 atom stereocenters. The van der Waals surface area contributed by atoms with Crippen LogP contribution in [0.4, 0.5) is 0 Å². The number of ether oxygens (including phenoxy) is 1. The number of hydrogen-bond donors (Lipinski definition) is 1. The van der Waals surface area contributed by atoms with Crippen LogP contribution in [0.15, 0.2) is 30.3 Å². The van der Waals surface area contributed by atoms with Gasteiger partial charge < -0.3 is 9.84 Å². The fourth-order valence-electron chi connectivity index (χ4n) is 1.84. The molecule has 0 aliphatic carbocycles. The van der Waals surface area contributed by atoms with Crippen LogP contribution in [-0.2, 0) is 26.2 Å². The highest BCUT2D eigenvalue weighted by atomic mass is 32.2. The molecular formula is C15H23NO5S. The number of carbonyl (C=O) groups is 1. The number of sulfonamides is 1. The molecule has 0 aromatic heterocycles. The van der Waals surface area contributed by atoms with Crippen molar-refractivity contribution in [1.29, 1.82) is 0 Å². The fraction of sp³-hybridized carbons (Fsp3) is 0.533. The quantitative estimate of drug-likeness (QED) is 0.659. The van der Waals surface area contributed by atoms with Crippen molar-refractivity contribution >= 4 is 16.0 Å². The Hall–Kier alpha value is -1.44. The van der Waals surface area contributed by atoms with Crippen LogP contribution in [0.2, 0.25) is 0 Å². The second-order valence-electron chi connectivity index (χ2n) is 5.23. The minimum Gasteiger partial charge on any atom is -0.481 e. The summed E-state index contributed by atoms with van der Waals surface area (Å²) in [6.45, 7) is 2.25. The first-order chi connectivity index (χ1) is 10.3. The lowest BCUT2D eigenvalue weighted by Crippen LogP contribution is -2.35. The van der Waals surface area contributed by atoms with E-state index in [1.54, 1.807) is 0 Å². The molecule has 0 saturated heterocycles. The molecule has 1 aromatic rings. The second-order valence-corrected chi connectivity index (χ2v) is 7.42. The summed E-state index contributed by atoms with van der Waals surface area (Å²) in [5.74, 6) is -1.78. The average molecular weight is 329 g/mol. The number of benzene rings is 1. The lowest BCUT2D eigenvalue weighted by molar-refractivity contribution is -0.141. The maximum Gasteiger partial charge on any atom is 0.307 e. The molecule has 0 bridgehead atoms. The molecule has 0 saturated carbocycles. The first-order valence-electron chi connectivity index (χ1n) is 7.11. The first kappa shape index (κ1) is 18.6. The lowest BCUT2D eigenvalue weighted by Gasteiger charge is -2.19. The van der Waals surface area contributed by atoms with Gasteiger partial charge in [0, 0.05) is 20.2 Å². The number of nitrogens with zero attached hydrogens (tertiary/aromatic N) is 1. The third-order valence-electron chi connectivity index (χ3n) is 3.23. The van der Waals surface area contributed by atoms with Crippen molar-refractivity contribution in [2.24, 2.45) is 5.92 Å². The monoisotopic (exact) mass is 329 g/mol. The van der Waals surface area contributed by atoms with Gasteiger partial charge in [0.05, 0.1) is 18.3 Å². The van der Waals surface area contributed by atoms with E-state index in [9.17, 15) is 13.2 Å². The summed E-state index contributed by atoms with van der Waals surface area (Å²) in [5.41, 5.74) is 1.04. The molecular weight excluding hydrogens is 306 g/mol. The predicted molar refractivity (Wildman–Crippen MR) is 83.9 cm³/mol. The molecule has 0 radical (unpaired) electrons. The number of aliphatic carboxylic acids is 1. The van der Waals surface area contributed by atoms with Crippen LogP contribution in [-0.4, -0.2) is 49.8 Å². The van der Waals surface area contributed by atoms with Gasteiger partial charge in [-0.05, 0) is 12.0 Å². The largest absolute Gasteiger partial charge is 0.481 e. The van der Waals surface area contributed by atoms with Gasteiger partial charge in [-0.3, -0.25) is 4.79 Å². The molecule has 22 heavy (non-hydrogen) atoms. The summed E-state index contributed by atoms with van der Waals surface area (Å²) in [6, 6.07) is 9.64. The standard InChI is InChI=1S/C15H23NO5S/c1-13(15(17)18)11-16(2)22(19,20)10-6-9-21-12-14-7-4-3-5-8-14/h3-5,7-8,13H,6,9-12H2,1-2H3,(H,17,18). The second kappa shape index (κ2) is 8.87. The summed E-state index contributed by atoms with van der Waals surface area (Å²) >= 11 is 0.